The van der Waals surface area contributed by atoms with Crippen molar-refractivity contribution in [2.75, 3.05) is 0 Å². The van der Waals surface area contributed by atoms with E-state index < -0.39 is 0 Å². The van der Waals surface area contributed by atoms with Crippen molar-refractivity contribution < 1.29 is 0 Å². The molecule has 0 saturated carbocycles. The van der Waals surface area contributed by atoms with Gasteiger partial charge in [-0.3, -0.25) is 0 Å². The highest BCUT2D eigenvalue weighted by Gasteiger charge is 2.19. The van der Waals surface area contributed by atoms with Crippen LogP contribution in [0.1, 0.15) is 18.7 Å². The van der Waals surface area contributed by atoms with Gasteiger partial charge in [0.1, 0.15) is 0 Å². The third-order valence-corrected chi connectivity index (χ3v) is 8.10. The number of aromatic nitrogens is 4. The van der Waals surface area contributed by atoms with E-state index in [1.165, 1.54) is 16.3 Å². The fourth-order valence-corrected chi connectivity index (χ4v) is 6.02. The van der Waals surface area contributed by atoms with Crippen LogP contribution in [0.4, 0.5) is 0 Å². The number of allylic oxidation sites excluding steroid dienone is 4. The monoisotopic (exact) mass is 552 g/mol. The summed E-state index contributed by atoms with van der Waals surface area (Å²) < 4.78 is 2.33. The van der Waals surface area contributed by atoms with Crippen molar-refractivity contribution in [1.29, 1.82) is 0 Å². The third-order valence-electron chi connectivity index (χ3n) is 8.10. The van der Waals surface area contributed by atoms with Gasteiger partial charge in [-0.1, -0.05) is 121 Å². The van der Waals surface area contributed by atoms with Crippen LogP contribution < -0.4 is 0 Å². The number of benzene rings is 5. The van der Waals surface area contributed by atoms with Crippen LogP contribution in [0.3, 0.4) is 0 Å². The Morgan fingerprint density at radius 1 is 0.465 bits per heavy atom. The molecule has 2 heterocycles. The predicted molar refractivity (Wildman–Crippen MR) is 177 cm³/mol. The van der Waals surface area contributed by atoms with Crippen LogP contribution in [0.5, 0.6) is 0 Å². The van der Waals surface area contributed by atoms with E-state index in [1.54, 1.807) is 0 Å². The van der Waals surface area contributed by atoms with Crippen molar-refractivity contribution in [2.45, 2.75) is 12.8 Å². The summed E-state index contributed by atoms with van der Waals surface area (Å²) in [5.41, 5.74) is 8.64. The smallest absolute Gasteiger partial charge is 0.166 e. The van der Waals surface area contributed by atoms with Crippen molar-refractivity contribution in [3.05, 3.63) is 151 Å². The largest absolute Gasteiger partial charge is 0.309 e. The number of hydrogen-bond acceptors (Lipinski definition) is 3. The molecule has 0 bridgehead atoms. The molecule has 8 rings (SSSR count). The van der Waals surface area contributed by atoms with Gasteiger partial charge in [0.15, 0.2) is 17.5 Å². The molecule has 0 unspecified atom stereocenters. The second kappa shape index (κ2) is 10.7. The fourth-order valence-electron chi connectivity index (χ4n) is 6.02. The maximum atomic E-state index is 5.11. The van der Waals surface area contributed by atoms with E-state index >= 15 is 0 Å². The maximum Gasteiger partial charge on any atom is 0.166 e. The van der Waals surface area contributed by atoms with Gasteiger partial charge in [0, 0.05) is 27.5 Å². The van der Waals surface area contributed by atoms with Gasteiger partial charge in [-0.2, -0.15) is 0 Å². The highest BCUT2D eigenvalue weighted by molar-refractivity contribution is 6.09. The van der Waals surface area contributed by atoms with Crippen molar-refractivity contribution >= 4 is 27.4 Å². The summed E-state index contributed by atoms with van der Waals surface area (Å²) in [6, 6.07) is 44.5. The van der Waals surface area contributed by atoms with Crippen LogP contribution in [0.15, 0.2) is 146 Å². The maximum absolute atomic E-state index is 5.11. The highest BCUT2D eigenvalue weighted by atomic mass is 15.1. The van der Waals surface area contributed by atoms with E-state index in [-0.39, 0.29) is 0 Å². The second-order valence-corrected chi connectivity index (χ2v) is 10.8. The zero-order chi connectivity index (χ0) is 28.6. The van der Waals surface area contributed by atoms with Gasteiger partial charge in [-0.25, -0.2) is 15.0 Å². The minimum atomic E-state index is 0.657. The van der Waals surface area contributed by atoms with E-state index in [1.807, 2.05) is 6.07 Å². The van der Waals surface area contributed by atoms with E-state index in [2.05, 4.69) is 144 Å². The Morgan fingerprint density at radius 3 is 1.77 bits per heavy atom. The molecule has 204 valence electrons. The molecule has 0 spiro atoms. The van der Waals surface area contributed by atoms with E-state index in [0.29, 0.717) is 17.5 Å². The molecular weight excluding hydrogens is 524 g/mol. The van der Waals surface area contributed by atoms with E-state index in [4.69, 9.17) is 15.0 Å². The first kappa shape index (κ1) is 25.1. The first-order valence-electron chi connectivity index (χ1n) is 14.7. The van der Waals surface area contributed by atoms with Crippen molar-refractivity contribution in [1.82, 2.24) is 19.5 Å². The molecule has 0 amide bonds. The van der Waals surface area contributed by atoms with Crippen LogP contribution in [0.25, 0.3) is 67.0 Å². The number of hydrogen-bond donors (Lipinski definition) is 0. The first-order chi connectivity index (χ1) is 21.3. The van der Waals surface area contributed by atoms with Gasteiger partial charge >= 0.3 is 0 Å². The molecule has 2 aromatic heterocycles. The average molecular weight is 553 g/mol. The Labute approximate surface area is 250 Å². The summed E-state index contributed by atoms with van der Waals surface area (Å²) in [5, 5.41) is 2.45. The standard InChI is InChI=1S/C39H28N4/c1-3-13-27(14-4-1)28-23-25-30(26-24-28)38-40-37(29-15-5-2-6-16-29)41-39(42-38)33-19-9-12-22-36(33)43-34-20-10-7-17-31(34)32-18-8-11-21-35(32)43/h1,3-5,7-26H,2,6H2. The molecule has 0 N–H and O–H groups in total. The van der Waals surface area contributed by atoms with Gasteiger partial charge < -0.3 is 4.57 Å². The Morgan fingerprint density at radius 2 is 1.05 bits per heavy atom. The van der Waals surface area contributed by atoms with Gasteiger partial charge in [0.05, 0.1) is 16.7 Å². The molecule has 43 heavy (non-hydrogen) atoms. The van der Waals surface area contributed by atoms with E-state index in [0.717, 1.165) is 51.8 Å². The molecule has 5 aromatic carbocycles. The topological polar surface area (TPSA) is 43.6 Å². The molecule has 1 aliphatic rings. The molecule has 0 fully saturated rings. The zero-order valence-electron chi connectivity index (χ0n) is 23.6. The van der Waals surface area contributed by atoms with Crippen molar-refractivity contribution in [3.8, 4) is 39.6 Å². The van der Waals surface area contributed by atoms with Gasteiger partial charge in [0.25, 0.3) is 0 Å². The lowest BCUT2D eigenvalue weighted by molar-refractivity contribution is 1.00. The van der Waals surface area contributed by atoms with Crippen molar-refractivity contribution in [2.24, 2.45) is 0 Å². The predicted octanol–water partition coefficient (Wildman–Crippen LogP) is 9.70. The number of rotatable bonds is 5. The quantitative estimate of drug-likeness (QED) is 0.213. The summed E-state index contributed by atoms with van der Waals surface area (Å²) in [7, 11) is 0. The summed E-state index contributed by atoms with van der Waals surface area (Å²) in [4.78, 5) is 15.2. The lowest BCUT2D eigenvalue weighted by Crippen LogP contribution is -2.05. The Balaban J connectivity index is 1.32. The number of fused-ring (bicyclic) bond motifs is 3. The molecule has 0 atom stereocenters. The van der Waals surface area contributed by atoms with Crippen LogP contribution in [0.2, 0.25) is 0 Å². The first-order valence-corrected chi connectivity index (χ1v) is 14.7. The average Bonchev–Trinajstić information content (AvgIpc) is 3.43. The second-order valence-electron chi connectivity index (χ2n) is 10.8. The van der Waals surface area contributed by atoms with Gasteiger partial charge in [-0.05, 0) is 48.2 Å². The molecule has 0 saturated heterocycles. The van der Waals surface area contributed by atoms with Gasteiger partial charge in [-0.15, -0.1) is 0 Å². The lowest BCUT2D eigenvalue weighted by atomic mass is 10.0. The lowest BCUT2D eigenvalue weighted by Gasteiger charge is -2.15. The minimum absolute atomic E-state index is 0.657. The van der Waals surface area contributed by atoms with E-state index in [9.17, 15) is 0 Å². The molecule has 7 aromatic rings. The highest BCUT2D eigenvalue weighted by Crippen LogP contribution is 2.36. The minimum Gasteiger partial charge on any atom is -0.309 e. The number of para-hydroxylation sites is 3. The van der Waals surface area contributed by atoms with Crippen LogP contribution in [-0.2, 0) is 0 Å². The number of nitrogens with zero attached hydrogens (tertiary/aromatic N) is 4. The molecule has 1 aliphatic carbocycles. The van der Waals surface area contributed by atoms with Crippen LogP contribution in [-0.4, -0.2) is 19.5 Å². The molecule has 4 heteroatoms. The van der Waals surface area contributed by atoms with Crippen molar-refractivity contribution in [3.63, 3.8) is 0 Å². The molecule has 0 aliphatic heterocycles. The Hall–Kier alpha value is -5.61. The molecular formula is C39H28N4. The summed E-state index contributed by atoms with van der Waals surface area (Å²) >= 11 is 0. The molecule has 0 radical (unpaired) electrons. The van der Waals surface area contributed by atoms with Crippen LogP contribution >= 0.6 is 0 Å². The Bertz CT molecular complexity index is 2120. The Kier molecular flexibility index (Phi) is 6.23. The SMILES string of the molecule is C1=CC(c2nc(-c3ccc(-c4ccccc4)cc3)nc(-c3ccccc3-n3c4ccccc4c4ccccc43)n2)=CCC1. The summed E-state index contributed by atoms with van der Waals surface area (Å²) in [6.07, 6.45) is 8.56. The molecule has 4 nitrogen and oxygen atoms in total. The zero-order valence-corrected chi connectivity index (χ0v) is 23.6. The summed E-state index contributed by atoms with van der Waals surface area (Å²) in [6.45, 7) is 0. The fraction of sp³-hybridized carbons (Fsp3) is 0.0513. The normalized spacial score (nSPS) is 13.0. The van der Waals surface area contributed by atoms with Crippen LogP contribution in [0, 0.1) is 0 Å². The summed E-state index contributed by atoms with van der Waals surface area (Å²) in [5.74, 6) is 2.01. The third kappa shape index (κ3) is 4.54. The van der Waals surface area contributed by atoms with Gasteiger partial charge in [0.2, 0.25) is 0 Å².